The van der Waals surface area contributed by atoms with Gasteiger partial charge in [0.2, 0.25) is 0 Å². The van der Waals surface area contributed by atoms with E-state index in [0.717, 1.165) is 13.0 Å². The highest BCUT2D eigenvalue weighted by Crippen LogP contribution is 2.50. The van der Waals surface area contributed by atoms with Gasteiger partial charge >= 0.3 is 0 Å². The summed E-state index contributed by atoms with van der Waals surface area (Å²) in [6.07, 6.45) is 1.53. The molecule has 0 amide bonds. The smallest absolute Gasteiger partial charge is 0.140 e. The van der Waals surface area contributed by atoms with E-state index in [1.165, 1.54) is 21.6 Å². The number of hydrogen-bond acceptors (Lipinski definition) is 5. The van der Waals surface area contributed by atoms with E-state index in [2.05, 4.69) is 116 Å². The Morgan fingerprint density at radius 3 is 2.18 bits per heavy atom. The lowest BCUT2D eigenvalue weighted by Crippen LogP contribution is -2.55. The average Bonchev–Trinajstić information content (AvgIpc) is 2.85. The van der Waals surface area contributed by atoms with Crippen molar-refractivity contribution in [3.8, 4) is 0 Å². The van der Waals surface area contributed by atoms with E-state index in [1.54, 1.807) is 21.1 Å². The Bertz CT molecular complexity index is 1100. The summed E-state index contributed by atoms with van der Waals surface area (Å²) in [6, 6.07) is 30.6. The molecule has 2 heterocycles. The Kier molecular flexibility index (Phi) is 7.47. The maximum Gasteiger partial charge on any atom is 0.140 e. The van der Waals surface area contributed by atoms with E-state index < -0.39 is 0 Å². The minimum atomic E-state index is 0.0319. The summed E-state index contributed by atoms with van der Waals surface area (Å²) in [6.45, 7) is 2.91. The van der Waals surface area contributed by atoms with E-state index in [-0.39, 0.29) is 24.0 Å². The first-order valence-electron chi connectivity index (χ1n) is 11.3. The van der Waals surface area contributed by atoms with Gasteiger partial charge in [-0.25, -0.2) is 8.61 Å². The molecule has 2 saturated heterocycles. The van der Waals surface area contributed by atoms with Crippen molar-refractivity contribution >= 4 is 48.1 Å². The predicted octanol–water partition coefficient (Wildman–Crippen LogP) is 7.45. The van der Waals surface area contributed by atoms with Gasteiger partial charge in [0.25, 0.3) is 0 Å². The summed E-state index contributed by atoms with van der Waals surface area (Å²) < 4.78 is 4.97. The second-order valence-electron chi connectivity index (χ2n) is 8.87. The highest BCUT2D eigenvalue weighted by atomic mass is 127. The van der Waals surface area contributed by atoms with Crippen LogP contribution < -0.4 is 0 Å². The van der Waals surface area contributed by atoms with Crippen molar-refractivity contribution in [2.75, 3.05) is 6.54 Å². The molecule has 2 aliphatic heterocycles. The molecule has 0 saturated carbocycles. The van der Waals surface area contributed by atoms with Crippen molar-refractivity contribution in [3.05, 3.63) is 102 Å². The van der Waals surface area contributed by atoms with Crippen molar-refractivity contribution in [3.63, 3.8) is 0 Å². The number of Topliss-reactive ketones (excluding diaryl/α,β-unsaturated/α-hetero) is 1. The number of benzene rings is 3. The summed E-state index contributed by atoms with van der Waals surface area (Å²) >= 11 is 4.21. The molecule has 3 aromatic rings. The summed E-state index contributed by atoms with van der Waals surface area (Å²) in [5.41, 5.74) is 3.82. The zero-order valence-corrected chi connectivity index (χ0v) is 22.3. The van der Waals surface area contributed by atoms with Crippen LogP contribution in [0.1, 0.15) is 41.6 Å². The summed E-state index contributed by atoms with van der Waals surface area (Å²) in [4.78, 5) is 14.7. The normalized spacial score (nSPS) is 26.2. The van der Waals surface area contributed by atoms with Crippen molar-refractivity contribution in [1.82, 2.24) is 8.61 Å². The van der Waals surface area contributed by atoms with Crippen LogP contribution in [0.5, 0.6) is 0 Å². The molecule has 2 fully saturated rings. The number of halogens is 1. The second-order valence-corrected chi connectivity index (χ2v) is 11.7. The number of hydrogen-bond donors (Lipinski definition) is 0. The molecule has 5 rings (SSSR count). The van der Waals surface area contributed by atoms with Gasteiger partial charge < -0.3 is 0 Å². The molecule has 0 N–H and O–H groups in total. The van der Waals surface area contributed by atoms with Crippen LogP contribution in [0.4, 0.5) is 0 Å². The largest absolute Gasteiger partial charge is 0.299 e. The minimum absolute atomic E-state index is 0.0319. The van der Waals surface area contributed by atoms with E-state index >= 15 is 0 Å². The van der Waals surface area contributed by atoms with Crippen LogP contribution in [0.2, 0.25) is 0 Å². The monoisotopic (exact) mass is 586 g/mol. The summed E-state index contributed by atoms with van der Waals surface area (Å²) in [5.74, 6) is 0.432. The zero-order valence-electron chi connectivity index (χ0n) is 18.5. The number of nitrogens with zero attached hydrogens (tertiary/aromatic N) is 2. The first-order chi connectivity index (χ1) is 16.1. The van der Waals surface area contributed by atoms with Crippen molar-refractivity contribution in [1.29, 1.82) is 0 Å². The van der Waals surface area contributed by atoms with Crippen LogP contribution in [-0.2, 0) is 4.79 Å². The van der Waals surface area contributed by atoms with Crippen LogP contribution in [0, 0.1) is 12.8 Å². The first-order valence-corrected chi connectivity index (χ1v) is 15.4. The number of rotatable bonds is 5. The van der Waals surface area contributed by atoms with Gasteiger partial charge in [-0.1, -0.05) is 72.8 Å². The van der Waals surface area contributed by atoms with Gasteiger partial charge in [0.1, 0.15) is 5.78 Å². The molecule has 33 heavy (non-hydrogen) atoms. The van der Waals surface area contributed by atoms with Crippen molar-refractivity contribution in [2.45, 2.75) is 42.8 Å². The molecule has 3 nitrogen and oxygen atoms in total. The minimum Gasteiger partial charge on any atom is -0.299 e. The van der Waals surface area contributed by atoms with Crippen molar-refractivity contribution < 1.29 is 4.79 Å². The molecule has 0 aromatic heterocycles. The quantitative estimate of drug-likeness (QED) is 0.228. The van der Waals surface area contributed by atoms with Crippen LogP contribution in [0.3, 0.4) is 0 Å². The molecule has 0 spiro atoms. The molecule has 0 bridgehead atoms. The number of aryl methyl sites for hydroxylation is 1. The molecule has 0 radical (unpaired) electrons. The third kappa shape index (κ3) is 5.05. The Morgan fingerprint density at radius 2 is 1.55 bits per heavy atom. The molecule has 2 unspecified atom stereocenters. The number of carbonyl (C=O) groups excluding carboxylic acids is 1. The highest BCUT2D eigenvalue weighted by molar-refractivity contribution is 14.2. The van der Waals surface area contributed by atoms with Gasteiger partial charge in [-0.2, -0.15) is 0 Å². The second kappa shape index (κ2) is 10.5. The van der Waals surface area contributed by atoms with Gasteiger partial charge in [-0.15, -0.1) is 0 Å². The third-order valence-electron chi connectivity index (χ3n) is 6.76. The maximum absolute atomic E-state index is 13.5. The molecule has 3 aromatic carbocycles. The lowest BCUT2D eigenvalue weighted by atomic mass is 9.77. The van der Waals surface area contributed by atoms with Crippen LogP contribution in [0.15, 0.2) is 89.8 Å². The third-order valence-corrected chi connectivity index (χ3v) is 9.91. The fourth-order valence-electron chi connectivity index (χ4n) is 5.14. The summed E-state index contributed by atoms with van der Waals surface area (Å²) in [5, 5.41) is 0. The van der Waals surface area contributed by atoms with Crippen LogP contribution in [0.25, 0.3) is 0 Å². The Morgan fingerprint density at radius 1 is 0.879 bits per heavy atom. The zero-order chi connectivity index (χ0) is 22.8. The van der Waals surface area contributed by atoms with Crippen LogP contribution >= 0.6 is 42.3 Å². The first kappa shape index (κ1) is 23.4. The highest BCUT2D eigenvalue weighted by Gasteiger charge is 2.48. The standard InChI is InChI=1S/C27H27IN2OS2/c1-19-9-8-14-22(15-19)32-29-18-23-26(16-24(29)20-10-4-2-5-11-20)30(33-28)25(17-27(23)31)21-12-6-3-7-13-21/h2-15,23-26H,16-18H2,1H3/t23-,24?,25?,26+/m1/s1. The fraction of sp³-hybridized carbons (Fsp3) is 0.296. The molecule has 4 atom stereocenters. The van der Waals surface area contributed by atoms with Gasteiger partial charge in [-0.05, 0) is 63.2 Å². The topological polar surface area (TPSA) is 23.6 Å². The lowest BCUT2D eigenvalue weighted by molar-refractivity contribution is -0.131. The predicted molar refractivity (Wildman–Crippen MR) is 147 cm³/mol. The lowest BCUT2D eigenvalue weighted by Gasteiger charge is -2.51. The molecule has 170 valence electrons. The summed E-state index contributed by atoms with van der Waals surface area (Å²) in [7, 11) is 1.77. The average molecular weight is 587 g/mol. The number of fused-ring (bicyclic) bond motifs is 1. The molecular formula is C27H27IN2OS2. The van der Waals surface area contributed by atoms with Crippen molar-refractivity contribution in [2.24, 2.45) is 5.92 Å². The van der Waals surface area contributed by atoms with Gasteiger partial charge in [0.15, 0.2) is 0 Å². The molecule has 6 heteroatoms. The number of carbonyl (C=O) groups is 1. The van der Waals surface area contributed by atoms with Gasteiger partial charge in [-0.3, -0.25) is 4.79 Å². The fourth-order valence-corrected chi connectivity index (χ4v) is 8.69. The Labute approximate surface area is 217 Å². The van der Waals surface area contributed by atoms with E-state index in [4.69, 9.17) is 0 Å². The van der Waals surface area contributed by atoms with E-state index in [9.17, 15) is 4.79 Å². The number of ketones is 1. The molecule has 0 aliphatic carbocycles. The molecule has 2 aliphatic rings. The van der Waals surface area contributed by atoms with Gasteiger partial charge in [0.05, 0.1) is 6.04 Å². The SMILES string of the molecule is Cc1cccc(SN2C[C@H]3C(=O)CC(c4ccccc4)N(SI)[C@H]3CC2c2ccccc2)c1. The molecular weight excluding hydrogens is 559 g/mol. The van der Waals surface area contributed by atoms with Gasteiger partial charge in [0, 0.05) is 57.1 Å². The Hall–Kier alpha value is -1.32. The number of piperidine rings is 2. The van der Waals surface area contributed by atoms with E-state index in [1.807, 2.05) is 6.07 Å². The Balaban J connectivity index is 1.48. The van der Waals surface area contributed by atoms with E-state index in [0.29, 0.717) is 12.2 Å². The van der Waals surface area contributed by atoms with Crippen LogP contribution in [-0.4, -0.2) is 27.0 Å². The maximum atomic E-state index is 13.5.